The predicted molar refractivity (Wildman–Crippen MR) is 73.6 cm³/mol. The molecule has 0 aliphatic carbocycles. The molecular weight excluding hydrogens is 300 g/mol. The Balaban J connectivity index is 2.35. The van der Waals surface area contributed by atoms with Gasteiger partial charge in [0, 0.05) is 26.3 Å². The van der Waals surface area contributed by atoms with Crippen molar-refractivity contribution in [2.75, 3.05) is 20.2 Å². The van der Waals surface area contributed by atoms with Crippen molar-refractivity contribution in [2.45, 2.75) is 23.8 Å². The number of piperidine rings is 1. The summed E-state index contributed by atoms with van der Waals surface area (Å²) in [5.41, 5.74) is -0.628. The molecule has 1 fully saturated rings. The van der Waals surface area contributed by atoms with E-state index >= 15 is 0 Å². The van der Waals surface area contributed by atoms with E-state index in [4.69, 9.17) is 4.74 Å². The normalized spacial score (nSPS) is 20.3. The summed E-state index contributed by atoms with van der Waals surface area (Å²) in [5, 5.41) is 20.2. The number of aromatic hydroxyl groups is 1. The highest BCUT2D eigenvalue weighted by Gasteiger charge is 2.31. The standard InChI is InChI=1S/C12H16N2O6S/c1-20-9-3-2-6-13(8-9)21(18,19)10-4-5-12(15)11(7-10)14(16)17/h4-5,7,9,15H,2-3,6,8H2,1H3. The average molecular weight is 316 g/mol. The van der Waals surface area contributed by atoms with Gasteiger partial charge in [-0.3, -0.25) is 10.1 Å². The maximum absolute atomic E-state index is 12.5. The summed E-state index contributed by atoms with van der Waals surface area (Å²) in [4.78, 5) is 9.77. The first kappa shape index (κ1) is 15.7. The van der Waals surface area contributed by atoms with Crippen molar-refractivity contribution in [3.05, 3.63) is 28.3 Å². The number of hydrogen-bond donors (Lipinski definition) is 1. The van der Waals surface area contributed by atoms with Crippen LogP contribution >= 0.6 is 0 Å². The van der Waals surface area contributed by atoms with Crippen LogP contribution in [0.1, 0.15) is 12.8 Å². The fourth-order valence-electron chi connectivity index (χ4n) is 2.27. The fourth-order valence-corrected chi connectivity index (χ4v) is 3.81. The maximum Gasteiger partial charge on any atom is 0.312 e. The second kappa shape index (κ2) is 5.96. The van der Waals surface area contributed by atoms with Gasteiger partial charge < -0.3 is 9.84 Å². The van der Waals surface area contributed by atoms with Gasteiger partial charge in [-0.1, -0.05) is 0 Å². The van der Waals surface area contributed by atoms with Crippen LogP contribution in [-0.2, 0) is 14.8 Å². The summed E-state index contributed by atoms with van der Waals surface area (Å²) in [7, 11) is -2.32. The fraction of sp³-hybridized carbons (Fsp3) is 0.500. The molecule has 1 N–H and O–H groups in total. The molecule has 2 rings (SSSR count). The highest BCUT2D eigenvalue weighted by Crippen LogP contribution is 2.30. The minimum atomic E-state index is -3.84. The van der Waals surface area contributed by atoms with E-state index < -0.39 is 26.4 Å². The SMILES string of the molecule is COC1CCCN(S(=O)(=O)c2ccc(O)c([N+](=O)[O-])c2)C1. The predicted octanol–water partition coefficient (Wildman–Crippen LogP) is 1.10. The lowest BCUT2D eigenvalue weighted by atomic mass is 10.1. The second-order valence-corrected chi connectivity index (χ2v) is 6.71. The van der Waals surface area contributed by atoms with Gasteiger partial charge in [-0.15, -0.1) is 0 Å². The van der Waals surface area contributed by atoms with Crippen molar-refractivity contribution >= 4 is 15.7 Å². The third-order valence-electron chi connectivity index (χ3n) is 3.46. The monoisotopic (exact) mass is 316 g/mol. The average Bonchev–Trinajstić information content (AvgIpc) is 2.47. The van der Waals surface area contributed by atoms with Crippen molar-refractivity contribution in [1.82, 2.24) is 4.31 Å². The number of nitrogens with zero attached hydrogens (tertiary/aromatic N) is 2. The Hall–Kier alpha value is -1.71. The smallest absolute Gasteiger partial charge is 0.312 e. The number of phenolic OH excluding ortho intramolecular Hbond substituents is 1. The van der Waals surface area contributed by atoms with Crippen molar-refractivity contribution in [1.29, 1.82) is 0 Å². The van der Waals surface area contributed by atoms with Crippen LogP contribution in [-0.4, -0.2) is 49.1 Å². The topological polar surface area (TPSA) is 110 Å². The van der Waals surface area contributed by atoms with Gasteiger partial charge in [0.2, 0.25) is 10.0 Å². The Morgan fingerprint density at radius 1 is 1.48 bits per heavy atom. The lowest BCUT2D eigenvalue weighted by Gasteiger charge is -2.31. The first-order valence-corrected chi connectivity index (χ1v) is 7.80. The summed E-state index contributed by atoms with van der Waals surface area (Å²) in [6.45, 7) is 0.560. The summed E-state index contributed by atoms with van der Waals surface area (Å²) < 4.78 is 31.4. The molecule has 0 bridgehead atoms. The molecule has 0 radical (unpaired) electrons. The number of benzene rings is 1. The van der Waals surface area contributed by atoms with Crippen molar-refractivity contribution in [3.8, 4) is 5.75 Å². The number of hydrogen-bond acceptors (Lipinski definition) is 6. The highest BCUT2D eigenvalue weighted by molar-refractivity contribution is 7.89. The van der Waals surface area contributed by atoms with Crippen molar-refractivity contribution in [2.24, 2.45) is 0 Å². The molecule has 9 heteroatoms. The summed E-state index contributed by atoms with van der Waals surface area (Å²) in [6, 6.07) is 3.05. The van der Waals surface area contributed by atoms with Gasteiger partial charge >= 0.3 is 5.69 Å². The number of methoxy groups -OCH3 is 1. The van der Waals surface area contributed by atoms with Crippen molar-refractivity contribution < 1.29 is 23.2 Å². The van der Waals surface area contributed by atoms with E-state index in [1.165, 1.54) is 11.4 Å². The maximum atomic E-state index is 12.5. The van der Waals surface area contributed by atoms with Crippen LogP contribution in [0.5, 0.6) is 5.75 Å². The van der Waals surface area contributed by atoms with E-state index in [1.54, 1.807) is 0 Å². The van der Waals surface area contributed by atoms with Gasteiger partial charge in [0.15, 0.2) is 5.75 Å². The zero-order valence-electron chi connectivity index (χ0n) is 11.4. The lowest BCUT2D eigenvalue weighted by molar-refractivity contribution is -0.386. The molecule has 1 atom stereocenters. The van der Waals surface area contributed by atoms with Gasteiger partial charge in [0.05, 0.1) is 15.9 Å². The Labute approximate surface area is 122 Å². The molecule has 1 saturated heterocycles. The van der Waals surface area contributed by atoms with Crippen LogP contribution in [0, 0.1) is 10.1 Å². The number of phenols is 1. The summed E-state index contributed by atoms with van der Waals surface area (Å²) >= 11 is 0. The molecule has 1 aliphatic heterocycles. The zero-order valence-corrected chi connectivity index (χ0v) is 12.2. The van der Waals surface area contributed by atoms with Crippen LogP contribution in [0.3, 0.4) is 0 Å². The van der Waals surface area contributed by atoms with E-state index in [0.717, 1.165) is 24.6 Å². The largest absolute Gasteiger partial charge is 0.502 e. The van der Waals surface area contributed by atoms with Gasteiger partial charge in [0.1, 0.15) is 0 Å². The third kappa shape index (κ3) is 3.14. The minimum absolute atomic E-state index is 0.180. The quantitative estimate of drug-likeness (QED) is 0.658. The van der Waals surface area contributed by atoms with E-state index in [2.05, 4.69) is 0 Å². The Bertz CT molecular complexity index is 645. The molecule has 0 aromatic heterocycles. The molecule has 8 nitrogen and oxygen atoms in total. The Kier molecular flexibility index (Phi) is 4.45. The van der Waals surface area contributed by atoms with E-state index in [9.17, 15) is 23.6 Å². The molecule has 1 unspecified atom stereocenters. The van der Waals surface area contributed by atoms with Crippen LogP contribution in [0.4, 0.5) is 5.69 Å². The number of rotatable bonds is 4. The van der Waals surface area contributed by atoms with Crippen molar-refractivity contribution in [3.63, 3.8) is 0 Å². The highest BCUT2D eigenvalue weighted by atomic mass is 32.2. The molecule has 1 aromatic carbocycles. The Morgan fingerprint density at radius 2 is 2.19 bits per heavy atom. The number of nitro benzene ring substituents is 1. The van der Waals surface area contributed by atoms with Crippen LogP contribution in [0.25, 0.3) is 0 Å². The minimum Gasteiger partial charge on any atom is -0.502 e. The molecule has 0 saturated carbocycles. The molecule has 21 heavy (non-hydrogen) atoms. The van der Waals surface area contributed by atoms with Crippen LogP contribution < -0.4 is 0 Å². The van der Waals surface area contributed by atoms with Gasteiger partial charge in [-0.2, -0.15) is 4.31 Å². The van der Waals surface area contributed by atoms with E-state index in [0.29, 0.717) is 13.0 Å². The summed E-state index contributed by atoms with van der Waals surface area (Å²) in [5.74, 6) is -0.563. The molecular formula is C12H16N2O6S. The van der Waals surface area contributed by atoms with E-state index in [-0.39, 0.29) is 17.5 Å². The molecule has 0 spiro atoms. The van der Waals surface area contributed by atoms with Gasteiger partial charge in [0.25, 0.3) is 0 Å². The molecule has 1 aliphatic rings. The summed E-state index contributed by atoms with van der Waals surface area (Å²) in [6.07, 6.45) is 1.26. The van der Waals surface area contributed by atoms with Gasteiger partial charge in [-0.25, -0.2) is 8.42 Å². The first-order chi connectivity index (χ1) is 9.86. The number of nitro groups is 1. The van der Waals surface area contributed by atoms with Crippen LogP contribution in [0.15, 0.2) is 23.1 Å². The van der Waals surface area contributed by atoms with Gasteiger partial charge in [-0.05, 0) is 25.0 Å². The Morgan fingerprint density at radius 3 is 2.81 bits per heavy atom. The molecule has 1 aromatic rings. The molecule has 0 amide bonds. The number of sulfonamides is 1. The number of ether oxygens (including phenoxy) is 1. The lowest BCUT2D eigenvalue weighted by Crippen LogP contribution is -2.42. The van der Waals surface area contributed by atoms with E-state index in [1.807, 2.05) is 0 Å². The van der Waals surface area contributed by atoms with Crippen LogP contribution in [0.2, 0.25) is 0 Å². The molecule has 116 valence electrons. The first-order valence-electron chi connectivity index (χ1n) is 6.36. The second-order valence-electron chi connectivity index (χ2n) is 4.77. The third-order valence-corrected chi connectivity index (χ3v) is 5.32. The molecule has 1 heterocycles. The zero-order chi connectivity index (χ0) is 15.6.